The van der Waals surface area contributed by atoms with Gasteiger partial charge in [-0.3, -0.25) is 14.7 Å². The number of nitrogens with one attached hydrogen (secondary N) is 3. The van der Waals surface area contributed by atoms with E-state index in [-0.39, 0.29) is 18.4 Å². The maximum absolute atomic E-state index is 11.8. The molecule has 0 bridgehead atoms. The highest BCUT2D eigenvalue weighted by Crippen LogP contribution is 2.13. The van der Waals surface area contributed by atoms with Crippen LogP contribution in [0.2, 0.25) is 5.02 Å². The van der Waals surface area contributed by atoms with Gasteiger partial charge in [0.05, 0.1) is 6.54 Å². The number of carbonyl (C=O) groups excluding carboxylic acids is 2. The van der Waals surface area contributed by atoms with E-state index in [1.54, 1.807) is 24.3 Å². The minimum atomic E-state index is -0.341. The number of hydrogen-bond acceptors (Lipinski definition) is 3. The summed E-state index contributed by atoms with van der Waals surface area (Å²) in [4.78, 5) is 23.6. The molecule has 3 N–H and O–H groups in total. The second kappa shape index (κ2) is 6.41. The Morgan fingerprint density at radius 2 is 1.90 bits per heavy atom. The Hall–Kier alpha value is -2.34. The molecule has 0 saturated heterocycles. The summed E-state index contributed by atoms with van der Waals surface area (Å²) in [5, 5.41) is 12.5. The number of rotatable bonds is 4. The second-order valence-corrected chi connectivity index (χ2v) is 5.00. The highest BCUT2D eigenvalue weighted by Gasteiger charge is 2.11. The van der Waals surface area contributed by atoms with E-state index in [0.717, 1.165) is 11.3 Å². The van der Waals surface area contributed by atoms with Crippen LogP contribution in [-0.2, 0) is 4.79 Å². The zero-order chi connectivity index (χ0) is 15.4. The van der Waals surface area contributed by atoms with Gasteiger partial charge in [0.2, 0.25) is 5.91 Å². The molecule has 21 heavy (non-hydrogen) atoms. The van der Waals surface area contributed by atoms with Gasteiger partial charge < -0.3 is 10.6 Å². The van der Waals surface area contributed by atoms with E-state index < -0.39 is 0 Å². The van der Waals surface area contributed by atoms with Crippen LogP contribution in [0.4, 0.5) is 5.82 Å². The standard InChI is InChI=1S/C14H15ClN4O2/c1-8-9(2)18-19-13(8)17-12(20)7-16-14(21)10-3-5-11(15)6-4-10/h3-6H,7H2,1-2H3,(H,16,21)(H2,17,18,19,20). The number of aryl methyl sites for hydroxylation is 1. The van der Waals surface area contributed by atoms with E-state index in [2.05, 4.69) is 20.8 Å². The summed E-state index contributed by atoms with van der Waals surface area (Å²) in [5.41, 5.74) is 2.20. The molecule has 0 aliphatic heterocycles. The molecule has 0 aliphatic rings. The fraction of sp³-hybridized carbons (Fsp3) is 0.214. The molecule has 2 aromatic rings. The average molecular weight is 307 g/mol. The van der Waals surface area contributed by atoms with Gasteiger partial charge in [-0.05, 0) is 38.1 Å². The van der Waals surface area contributed by atoms with Crippen molar-refractivity contribution in [1.82, 2.24) is 15.5 Å². The molecule has 1 aromatic heterocycles. The lowest BCUT2D eigenvalue weighted by Gasteiger charge is -2.06. The van der Waals surface area contributed by atoms with Crippen molar-refractivity contribution in [3.05, 3.63) is 46.1 Å². The Balaban J connectivity index is 1.88. The molecule has 0 fully saturated rings. The minimum absolute atomic E-state index is 0.132. The molecule has 0 atom stereocenters. The highest BCUT2D eigenvalue weighted by molar-refractivity contribution is 6.30. The van der Waals surface area contributed by atoms with Gasteiger partial charge in [-0.1, -0.05) is 11.6 Å². The molecule has 0 spiro atoms. The lowest BCUT2D eigenvalue weighted by Crippen LogP contribution is -2.33. The SMILES string of the molecule is Cc1[nH]nc(NC(=O)CNC(=O)c2ccc(Cl)cc2)c1C. The summed E-state index contributed by atoms with van der Waals surface area (Å²) in [6.07, 6.45) is 0. The van der Waals surface area contributed by atoms with Crippen molar-refractivity contribution in [2.75, 3.05) is 11.9 Å². The summed E-state index contributed by atoms with van der Waals surface area (Å²) in [6.45, 7) is 3.58. The number of anilines is 1. The van der Waals surface area contributed by atoms with Crippen molar-refractivity contribution in [2.45, 2.75) is 13.8 Å². The largest absolute Gasteiger partial charge is 0.343 e. The van der Waals surface area contributed by atoms with Crippen molar-refractivity contribution in [2.24, 2.45) is 0 Å². The number of halogens is 1. The fourth-order valence-corrected chi connectivity index (χ4v) is 1.77. The third-order valence-corrected chi connectivity index (χ3v) is 3.28. The van der Waals surface area contributed by atoms with E-state index in [1.165, 1.54) is 0 Å². The maximum atomic E-state index is 11.8. The average Bonchev–Trinajstić information content (AvgIpc) is 2.77. The van der Waals surface area contributed by atoms with Gasteiger partial charge in [0.1, 0.15) is 0 Å². The zero-order valence-corrected chi connectivity index (χ0v) is 12.4. The lowest BCUT2D eigenvalue weighted by molar-refractivity contribution is -0.115. The number of aromatic amines is 1. The van der Waals surface area contributed by atoms with E-state index >= 15 is 0 Å². The summed E-state index contributed by atoms with van der Waals surface area (Å²) in [7, 11) is 0. The topological polar surface area (TPSA) is 86.9 Å². The molecule has 2 rings (SSSR count). The monoisotopic (exact) mass is 306 g/mol. The third kappa shape index (κ3) is 3.82. The van der Waals surface area contributed by atoms with Crippen LogP contribution in [0.15, 0.2) is 24.3 Å². The van der Waals surface area contributed by atoms with Gasteiger partial charge >= 0.3 is 0 Å². The molecule has 6 nitrogen and oxygen atoms in total. The smallest absolute Gasteiger partial charge is 0.251 e. The molecular weight excluding hydrogens is 292 g/mol. The Bertz CT molecular complexity index is 664. The van der Waals surface area contributed by atoms with Crippen LogP contribution in [-0.4, -0.2) is 28.6 Å². The fourth-order valence-electron chi connectivity index (χ4n) is 1.65. The first-order valence-electron chi connectivity index (χ1n) is 6.32. The van der Waals surface area contributed by atoms with Crippen LogP contribution in [0.5, 0.6) is 0 Å². The molecule has 0 radical (unpaired) electrons. The molecule has 2 amide bonds. The normalized spacial score (nSPS) is 10.2. The Morgan fingerprint density at radius 3 is 2.48 bits per heavy atom. The van der Waals surface area contributed by atoms with Gasteiger partial charge in [0.15, 0.2) is 5.82 Å². The van der Waals surface area contributed by atoms with E-state index in [1.807, 2.05) is 13.8 Å². The first kappa shape index (κ1) is 15.1. The van der Waals surface area contributed by atoms with Crippen LogP contribution in [0, 0.1) is 13.8 Å². The van der Waals surface area contributed by atoms with Gasteiger partial charge in [-0.2, -0.15) is 5.10 Å². The molecular formula is C14H15ClN4O2. The number of hydrogen-bond donors (Lipinski definition) is 3. The van der Waals surface area contributed by atoms with Crippen molar-refractivity contribution >= 4 is 29.2 Å². The number of aromatic nitrogens is 2. The third-order valence-electron chi connectivity index (χ3n) is 3.03. The van der Waals surface area contributed by atoms with E-state index in [4.69, 9.17) is 11.6 Å². The molecule has 1 aromatic carbocycles. The van der Waals surface area contributed by atoms with Crippen LogP contribution in [0.25, 0.3) is 0 Å². The zero-order valence-electron chi connectivity index (χ0n) is 11.7. The summed E-state index contributed by atoms with van der Waals surface area (Å²) in [6, 6.07) is 6.42. The molecule has 0 saturated carbocycles. The summed E-state index contributed by atoms with van der Waals surface area (Å²) in [5.74, 6) is -0.207. The van der Waals surface area contributed by atoms with Crippen LogP contribution < -0.4 is 10.6 Å². The van der Waals surface area contributed by atoms with E-state index in [0.29, 0.717) is 16.4 Å². The van der Waals surface area contributed by atoms with Gasteiger partial charge in [-0.15, -0.1) is 0 Å². The summed E-state index contributed by atoms with van der Waals surface area (Å²) >= 11 is 5.75. The number of H-pyrrole nitrogens is 1. The quantitative estimate of drug-likeness (QED) is 0.808. The minimum Gasteiger partial charge on any atom is -0.343 e. The highest BCUT2D eigenvalue weighted by atomic mass is 35.5. The van der Waals surface area contributed by atoms with Crippen LogP contribution in [0.3, 0.4) is 0 Å². The molecule has 7 heteroatoms. The predicted octanol–water partition coefficient (Wildman–Crippen LogP) is 2.05. The number of benzene rings is 1. The van der Waals surface area contributed by atoms with Gasteiger partial charge in [0.25, 0.3) is 5.91 Å². The van der Waals surface area contributed by atoms with Gasteiger partial charge in [-0.25, -0.2) is 0 Å². The number of amides is 2. The van der Waals surface area contributed by atoms with Crippen molar-refractivity contribution in [1.29, 1.82) is 0 Å². The van der Waals surface area contributed by atoms with Crippen LogP contribution in [0.1, 0.15) is 21.6 Å². The maximum Gasteiger partial charge on any atom is 0.251 e. The Kier molecular flexibility index (Phi) is 4.59. The molecule has 110 valence electrons. The molecule has 1 heterocycles. The number of nitrogens with zero attached hydrogens (tertiary/aromatic N) is 1. The van der Waals surface area contributed by atoms with Gasteiger partial charge in [0, 0.05) is 21.8 Å². The first-order valence-corrected chi connectivity index (χ1v) is 6.70. The summed E-state index contributed by atoms with van der Waals surface area (Å²) < 4.78 is 0. The van der Waals surface area contributed by atoms with Crippen molar-refractivity contribution < 1.29 is 9.59 Å². The second-order valence-electron chi connectivity index (χ2n) is 4.56. The van der Waals surface area contributed by atoms with Crippen molar-refractivity contribution in [3.8, 4) is 0 Å². The Labute approximate surface area is 126 Å². The van der Waals surface area contributed by atoms with E-state index in [9.17, 15) is 9.59 Å². The Morgan fingerprint density at radius 1 is 1.24 bits per heavy atom. The van der Waals surface area contributed by atoms with Crippen molar-refractivity contribution in [3.63, 3.8) is 0 Å². The number of carbonyl (C=O) groups is 2. The predicted molar refractivity (Wildman–Crippen MR) is 80.5 cm³/mol. The van der Waals surface area contributed by atoms with Crippen LogP contribution >= 0.6 is 11.6 Å². The molecule has 0 aliphatic carbocycles. The molecule has 0 unspecified atom stereocenters. The first-order chi connectivity index (χ1) is 9.97. The lowest BCUT2D eigenvalue weighted by atomic mass is 10.2.